The van der Waals surface area contributed by atoms with Crippen LogP contribution >= 0.6 is 11.6 Å². The van der Waals surface area contributed by atoms with Crippen LogP contribution in [0.4, 0.5) is 11.4 Å². The van der Waals surface area contributed by atoms with Crippen molar-refractivity contribution < 1.29 is 0 Å². The van der Waals surface area contributed by atoms with Gasteiger partial charge in [0.2, 0.25) is 0 Å². The number of aromatic nitrogens is 1. The Morgan fingerprint density at radius 3 is 2.57 bits per heavy atom. The second-order valence-electron chi connectivity index (χ2n) is 2.85. The summed E-state index contributed by atoms with van der Waals surface area (Å²) in [7, 11) is 0. The zero-order chi connectivity index (χ0) is 9.80. The second-order valence-corrected chi connectivity index (χ2v) is 3.25. The van der Waals surface area contributed by atoms with Gasteiger partial charge in [-0.1, -0.05) is 29.8 Å². The summed E-state index contributed by atoms with van der Waals surface area (Å²) in [5.74, 6) is 0. The molecule has 14 heavy (non-hydrogen) atoms. The van der Waals surface area contributed by atoms with Gasteiger partial charge in [-0.05, 0) is 18.2 Å². The minimum Gasteiger partial charge on any atom is -0.353 e. The van der Waals surface area contributed by atoms with Crippen molar-refractivity contribution >= 4 is 23.0 Å². The Bertz CT molecular complexity index is 415. The highest BCUT2D eigenvalue weighted by Crippen LogP contribution is 2.23. The predicted molar refractivity (Wildman–Crippen MR) is 59.0 cm³/mol. The monoisotopic (exact) mass is 204 g/mol. The molecule has 0 spiro atoms. The molecule has 0 saturated carbocycles. The van der Waals surface area contributed by atoms with Gasteiger partial charge in [-0.15, -0.1) is 0 Å². The van der Waals surface area contributed by atoms with E-state index in [-0.39, 0.29) is 0 Å². The number of hydrogen-bond acceptors (Lipinski definition) is 2. The maximum atomic E-state index is 5.97. The first-order chi connectivity index (χ1) is 6.86. The van der Waals surface area contributed by atoms with Crippen LogP contribution in [0.25, 0.3) is 0 Å². The van der Waals surface area contributed by atoms with Gasteiger partial charge in [0.15, 0.2) is 0 Å². The smallest absolute Gasteiger partial charge is 0.0760 e. The maximum absolute atomic E-state index is 5.97. The van der Waals surface area contributed by atoms with Gasteiger partial charge in [0, 0.05) is 11.9 Å². The first-order valence-electron chi connectivity index (χ1n) is 4.28. The molecule has 1 N–H and O–H groups in total. The van der Waals surface area contributed by atoms with E-state index < -0.39 is 0 Å². The Kier molecular flexibility index (Phi) is 2.65. The van der Waals surface area contributed by atoms with Crippen molar-refractivity contribution in [1.82, 2.24) is 4.98 Å². The summed E-state index contributed by atoms with van der Waals surface area (Å²) in [6.45, 7) is 0. The van der Waals surface area contributed by atoms with Crippen LogP contribution in [0, 0.1) is 0 Å². The fourth-order valence-electron chi connectivity index (χ4n) is 1.15. The van der Waals surface area contributed by atoms with Crippen LogP contribution < -0.4 is 5.32 Å². The van der Waals surface area contributed by atoms with E-state index in [1.54, 1.807) is 18.5 Å². The van der Waals surface area contributed by atoms with E-state index in [0.717, 1.165) is 11.4 Å². The standard InChI is InChI=1S/C11H9ClN2/c12-10-6-7-13-8-11(10)14-9-4-2-1-3-5-9/h1-8,14H. The normalized spacial score (nSPS) is 9.79. The Labute approximate surface area is 87.6 Å². The molecule has 0 aliphatic carbocycles. The molecule has 0 bridgehead atoms. The highest BCUT2D eigenvalue weighted by molar-refractivity contribution is 6.33. The molecule has 1 aromatic carbocycles. The second kappa shape index (κ2) is 4.11. The van der Waals surface area contributed by atoms with Crippen LogP contribution in [0.5, 0.6) is 0 Å². The summed E-state index contributed by atoms with van der Waals surface area (Å²) in [6, 6.07) is 11.6. The first kappa shape index (κ1) is 9.03. The van der Waals surface area contributed by atoms with Gasteiger partial charge < -0.3 is 5.32 Å². The molecule has 0 radical (unpaired) electrons. The molecule has 1 heterocycles. The third-order valence-corrected chi connectivity index (χ3v) is 2.15. The lowest BCUT2D eigenvalue weighted by Gasteiger charge is -2.06. The van der Waals surface area contributed by atoms with E-state index in [1.807, 2.05) is 30.3 Å². The molecule has 0 saturated heterocycles. The van der Waals surface area contributed by atoms with Gasteiger partial charge in [0.05, 0.1) is 16.9 Å². The third-order valence-electron chi connectivity index (χ3n) is 1.82. The summed E-state index contributed by atoms with van der Waals surface area (Å²) in [5, 5.41) is 3.85. The van der Waals surface area contributed by atoms with E-state index in [0.29, 0.717) is 5.02 Å². The molecule has 3 heteroatoms. The van der Waals surface area contributed by atoms with Gasteiger partial charge in [-0.25, -0.2) is 0 Å². The van der Waals surface area contributed by atoms with Crippen molar-refractivity contribution in [2.45, 2.75) is 0 Å². The fraction of sp³-hybridized carbons (Fsp3) is 0. The Morgan fingerprint density at radius 2 is 1.86 bits per heavy atom. The lowest BCUT2D eigenvalue weighted by Crippen LogP contribution is -1.90. The summed E-state index contributed by atoms with van der Waals surface area (Å²) in [5.41, 5.74) is 1.82. The molecule has 0 atom stereocenters. The van der Waals surface area contributed by atoms with Gasteiger partial charge in [-0.2, -0.15) is 0 Å². The van der Waals surface area contributed by atoms with Crippen molar-refractivity contribution in [2.75, 3.05) is 5.32 Å². The molecular formula is C11H9ClN2. The molecule has 2 rings (SSSR count). The molecule has 0 amide bonds. The van der Waals surface area contributed by atoms with Crippen molar-refractivity contribution in [1.29, 1.82) is 0 Å². The van der Waals surface area contributed by atoms with Gasteiger partial charge in [0.1, 0.15) is 0 Å². The predicted octanol–water partition coefficient (Wildman–Crippen LogP) is 3.48. The maximum Gasteiger partial charge on any atom is 0.0760 e. The largest absolute Gasteiger partial charge is 0.353 e. The molecule has 0 aliphatic heterocycles. The van der Waals surface area contributed by atoms with Gasteiger partial charge in [-0.3, -0.25) is 4.98 Å². The molecule has 70 valence electrons. The number of para-hydroxylation sites is 1. The molecule has 0 unspecified atom stereocenters. The average Bonchev–Trinajstić information content (AvgIpc) is 2.23. The minimum absolute atomic E-state index is 0.670. The van der Waals surface area contributed by atoms with E-state index in [9.17, 15) is 0 Å². The van der Waals surface area contributed by atoms with Crippen LogP contribution in [0.15, 0.2) is 48.8 Å². The first-order valence-corrected chi connectivity index (χ1v) is 4.65. The lowest BCUT2D eigenvalue weighted by atomic mass is 10.3. The van der Waals surface area contributed by atoms with Crippen LogP contribution in [0.2, 0.25) is 5.02 Å². The highest BCUT2D eigenvalue weighted by Gasteiger charge is 1.98. The zero-order valence-electron chi connectivity index (χ0n) is 7.44. The number of halogens is 1. The fourth-order valence-corrected chi connectivity index (χ4v) is 1.30. The SMILES string of the molecule is Clc1ccncc1Nc1ccccc1. The molecular weight excluding hydrogens is 196 g/mol. The van der Waals surface area contributed by atoms with E-state index in [1.165, 1.54) is 0 Å². The van der Waals surface area contributed by atoms with Crippen molar-refractivity contribution in [3.05, 3.63) is 53.8 Å². The highest BCUT2D eigenvalue weighted by atomic mass is 35.5. The van der Waals surface area contributed by atoms with Crippen LogP contribution in [-0.4, -0.2) is 4.98 Å². The lowest BCUT2D eigenvalue weighted by molar-refractivity contribution is 1.32. The quantitative estimate of drug-likeness (QED) is 0.810. The van der Waals surface area contributed by atoms with E-state index >= 15 is 0 Å². The topological polar surface area (TPSA) is 24.9 Å². The molecule has 1 aromatic heterocycles. The average molecular weight is 205 g/mol. The van der Waals surface area contributed by atoms with Crippen LogP contribution in [0.3, 0.4) is 0 Å². The number of rotatable bonds is 2. The molecule has 0 fully saturated rings. The zero-order valence-corrected chi connectivity index (χ0v) is 8.20. The van der Waals surface area contributed by atoms with E-state index in [4.69, 9.17) is 11.6 Å². The van der Waals surface area contributed by atoms with Crippen LogP contribution in [-0.2, 0) is 0 Å². The van der Waals surface area contributed by atoms with E-state index in [2.05, 4.69) is 10.3 Å². The molecule has 2 nitrogen and oxygen atoms in total. The number of anilines is 2. The van der Waals surface area contributed by atoms with Gasteiger partial charge >= 0.3 is 0 Å². The summed E-state index contributed by atoms with van der Waals surface area (Å²) in [4.78, 5) is 3.99. The number of nitrogens with one attached hydrogen (secondary N) is 1. The summed E-state index contributed by atoms with van der Waals surface area (Å²) in [6.07, 6.45) is 3.37. The summed E-state index contributed by atoms with van der Waals surface area (Å²) >= 11 is 5.97. The Morgan fingerprint density at radius 1 is 1.07 bits per heavy atom. The van der Waals surface area contributed by atoms with Crippen LogP contribution in [0.1, 0.15) is 0 Å². The Hall–Kier alpha value is -1.54. The number of hydrogen-bond donors (Lipinski definition) is 1. The minimum atomic E-state index is 0.670. The van der Waals surface area contributed by atoms with Crippen molar-refractivity contribution in [2.24, 2.45) is 0 Å². The number of benzene rings is 1. The van der Waals surface area contributed by atoms with Crippen molar-refractivity contribution in [3.63, 3.8) is 0 Å². The summed E-state index contributed by atoms with van der Waals surface area (Å²) < 4.78 is 0. The third kappa shape index (κ3) is 2.03. The molecule has 0 aliphatic rings. The molecule has 2 aromatic rings. The van der Waals surface area contributed by atoms with Gasteiger partial charge in [0.25, 0.3) is 0 Å². The number of nitrogens with zero attached hydrogens (tertiary/aromatic N) is 1. The van der Waals surface area contributed by atoms with Crippen molar-refractivity contribution in [3.8, 4) is 0 Å². The number of pyridine rings is 1. The Balaban J connectivity index is 2.24.